The third-order valence-electron chi connectivity index (χ3n) is 10.0. The number of nitrogens with one attached hydrogen (secondary N) is 1. The van der Waals surface area contributed by atoms with E-state index in [-0.39, 0.29) is 30.0 Å². The lowest BCUT2D eigenvalue weighted by Gasteiger charge is -2.58. The summed E-state index contributed by atoms with van der Waals surface area (Å²) in [5.41, 5.74) is 1.98. The normalized spacial score (nSPS) is 40.9. The summed E-state index contributed by atoms with van der Waals surface area (Å²) in [5, 5.41) is 16.5. The molecule has 0 aliphatic heterocycles. The number of carbonyl (C=O) groups is 3. The second-order valence-electron chi connectivity index (χ2n) is 11.8. The minimum absolute atomic E-state index is 0.0210. The van der Waals surface area contributed by atoms with Crippen molar-refractivity contribution < 1.29 is 33.7 Å². The zero-order chi connectivity index (χ0) is 27.2. The average molecular weight is 519 g/mol. The predicted molar refractivity (Wildman–Crippen MR) is 136 cm³/mol. The molecule has 8 atom stereocenters. The average Bonchev–Trinajstić information content (AvgIpc) is 3.05. The van der Waals surface area contributed by atoms with Crippen LogP contribution in [-0.4, -0.2) is 53.3 Å². The van der Waals surface area contributed by atoms with Crippen LogP contribution in [-0.2, 0) is 23.8 Å². The van der Waals surface area contributed by atoms with E-state index in [0.717, 1.165) is 38.5 Å². The summed E-state index contributed by atoms with van der Waals surface area (Å²) in [5.74, 6) is 0.173. The van der Waals surface area contributed by atoms with Gasteiger partial charge in [-0.05, 0) is 75.5 Å². The van der Waals surface area contributed by atoms with Gasteiger partial charge in [0.2, 0.25) is 0 Å². The monoisotopic (exact) mass is 518 g/mol. The number of fused-ring (bicyclic) bond motifs is 5. The number of allylic oxidation sites excluding steroid dienone is 1. The fourth-order valence-corrected chi connectivity index (χ4v) is 8.32. The number of amides is 1. The van der Waals surface area contributed by atoms with Crippen LogP contribution in [0.1, 0.15) is 86.5 Å². The van der Waals surface area contributed by atoms with E-state index >= 15 is 0 Å². The van der Waals surface area contributed by atoms with E-state index in [1.54, 1.807) is 13.8 Å². The van der Waals surface area contributed by atoms with Gasteiger partial charge in [-0.3, -0.25) is 9.59 Å². The molecule has 9 nitrogen and oxygen atoms in total. The van der Waals surface area contributed by atoms with Crippen molar-refractivity contribution in [2.45, 2.75) is 104 Å². The third kappa shape index (κ3) is 4.57. The summed E-state index contributed by atoms with van der Waals surface area (Å²) in [6.07, 6.45) is 6.51. The molecule has 0 spiro atoms. The highest BCUT2D eigenvalue weighted by atomic mass is 16.6. The van der Waals surface area contributed by atoms with Crippen LogP contribution in [0.2, 0.25) is 0 Å². The molecule has 0 bridgehead atoms. The van der Waals surface area contributed by atoms with E-state index in [4.69, 9.17) is 14.2 Å². The SMILES string of the molecule is CCOC(=O)N/N=C(\C)[C@@]1(O)[C@H](OC(C)=O)C[C@H]2[C@@H]3CC=C4C[C@H](OC(C)=O)CC[C@]4(C)[C@H]3CC[C@@]21C. The van der Waals surface area contributed by atoms with Crippen LogP contribution < -0.4 is 5.43 Å². The summed E-state index contributed by atoms with van der Waals surface area (Å²) in [6.45, 7) is 10.8. The van der Waals surface area contributed by atoms with Gasteiger partial charge in [-0.1, -0.05) is 25.5 Å². The molecule has 0 heterocycles. The summed E-state index contributed by atoms with van der Waals surface area (Å²) in [7, 11) is 0. The predicted octanol–water partition coefficient (Wildman–Crippen LogP) is 4.28. The van der Waals surface area contributed by atoms with Crippen LogP contribution in [0, 0.1) is 28.6 Å². The van der Waals surface area contributed by atoms with Crippen molar-refractivity contribution in [2.24, 2.45) is 33.7 Å². The lowest BCUT2D eigenvalue weighted by Crippen LogP contribution is -2.60. The molecule has 3 fully saturated rings. The first-order valence-corrected chi connectivity index (χ1v) is 13.6. The van der Waals surface area contributed by atoms with Gasteiger partial charge in [0.05, 0.1) is 12.3 Å². The number of hydrogen-bond donors (Lipinski definition) is 2. The smallest absolute Gasteiger partial charge is 0.427 e. The van der Waals surface area contributed by atoms with E-state index in [9.17, 15) is 19.5 Å². The second kappa shape index (κ2) is 10.0. The van der Waals surface area contributed by atoms with Crippen LogP contribution in [0.25, 0.3) is 0 Å². The topological polar surface area (TPSA) is 124 Å². The first kappa shape index (κ1) is 27.6. The van der Waals surface area contributed by atoms with Gasteiger partial charge in [0, 0.05) is 25.7 Å². The Hall–Kier alpha value is -2.42. The highest BCUT2D eigenvalue weighted by molar-refractivity contribution is 5.93. The van der Waals surface area contributed by atoms with Gasteiger partial charge in [0.15, 0.2) is 0 Å². The lowest BCUT2D eigenvalue weighted by atomic mass is 9.46. The van der Waals surface area contributed by atoms with E-state index in [0.29, 0.717) is 24.0 Å². The van der Waals surface area contributed by atoms with Crippen molar-refractivity contribution in [1.82, 2.24) is 5.43 Å². The number of esters is 2. The Balaban J connectivity index is 1.65. The van der Waals surface area contributed by atoms with Crippen LogP contribution in [0.15, 0.2) is 16.8 Å². The summed E-state index contributed by atoms with van der Waals surface area (Å²) < 4.78 is 16.2. The third-order valence-corrected chi connectivity index (χ3v) is 10.0. The number of hydrazone groups is 1. The van der Waals surface area contributed by atoms with Crippen LogP contribution in [0.5, 0.6) is 0 Å². The van der Waals surface area contributed by atoms with E-state index < -0.39 is 29.2 Å². The Bertz CT molecular complexity index is 1010. The van der Waals surface area contributed by atoms with Gasteiger partial charge in [0.1, 0.15) is 17.8 Å². The molecule has 0 radical (unpaired) electrons. The second-order valence-corrected chi connectivity index (χ2v) is 11.8. The fraction of sp³-hybridized carbons (Fsp3) is 0.786. The van der Waals surface area contributed by atoms with Crippen LogP contribution in [0.3, 0.4) is 0 Å². The minimum Gasteiger partial charge on any atom is -0.462 e. The number of aliphatic hydroxyl groups is 1. The number of carbonyl (C=O) groups excluding carboxylic acids is 3. The van der Waals surface area contributed by atoms with Gasteiger partial charge >= 0.3 is 18.0 Å². The minimum atomic E-state index is -1.52. The summed E-state index contributed by atoms with van der Waals surface area (Å²) in [4.78, 5) is 35.5. The zero-order valence-electron chi connectivity index (χ0n) is 23.0. The van der Waals surface area contributed by atoms with Crippen LogP contribution >= 0.6 is 0 Å². The quantitative estimate of drug-likeness (QED) is 0.183. The fourth-order valence-electron chi connectivity index (χ4n) is 8.32. The van der Waals surface area contributed by atoms with Crippen LogP contribution in [0.4, 0.5) is 4.79 Å². The molecule has 3 saturated carbocycles. The Morgan fingerprint density at radius 1 is 1.08 bits per heavy atom. The maximum absolute atomic E-state index is 12.3. The molecular weight excluding hydrogens is 476 g/mol. The zero-order valence-corrected chi connectivity index (χ0v) is 23.0. The molecule has 4 aliphatic rings. The first-order chi connectivity index (χ1) is 17.4. The van der Waals surface area contributed by atoms with Gasteiger partial charge in [-0.15, -0.1) is 0 Å². The summed E-state index contributed by atoms with van der Waals surface area (Å²) >= 11 is 0. The van der Waals surface area contributed by atoms with Crippen molar-refractivity contribution in [3.05, 3.63) is 11.6 Å². The molecule has 37 heavy (non-hydrogen) atoms. The van der Waals surface area contributed by atoms with Gasteiger partial charge < -0.3 is 19.3 Å². The van der Waals surface area contributed by atoms with Gasteiger partial charge in [-0.25, -0.2) is 10.2 Å². The Kier molecular flexibility index (Phi) is 7.49. The molecule has 4 aliphatic carbocycles. The Morgan fingerprint density at radius 2 is 1.78 bits per heavy atom. The maximum atomic E-state index is 12.3. The molecule has 4 rings (SSSR count). The van der Waals surface area contributed by atoms with Crippen molar-refractivity contribution in [2.75, 3.05) is 6.61 Å². The molecule has 206 valence electrons. The Labute approximate surface area is 219 Å². The largest absolute Gasteiger partial charge is 0.462 e. The van der Waals surface area contributed by atoms with E-state index in [1.165, 1.54) is 19.4 Å². The number of nitrogens with zero attached hydrogens (tertiary/aromatic N) is 1. The number of ether oxygens (including phenoxy) is 3. The molecular formula is C28H42N2O7. The molecule has 1 amide bonds. The highest BCUT2D eigenvalue weighted by Gasteiger charge is 2.69. The van der Waals surface area contributed by atoms with Gasteiger partial charge in [0.25, 0.3) is 0 Å². The maximum Gasteiger partial charge on any atom is 0.427 e. The molecule has 0 aromatic carbocycles. The standard InChI is InChI=1S/C28H42N2O7/c1-7-35-25(33)30-29-16(2)28(34)24(37-18(4)32)15-23-21-9-8-19-14-20(36-17(3)31)10-12-26(19,5)22(21)11-13-27(23,28)6/h8,20-24,34H,7,9-15H2,1-6H3,(H,30,33)/b29-16+/t20-,21-,22+,23+,24-,26+,27+,28-/m1/s1. The van der Waals surface area contributed by atoms with Crippen molar-refractivity contribution in [1.29, 1.82) is 0 Å². The van der Waals surface area contributed by atoms with E-state index in [2.05, 4.69) is 30.5 Å². The van der Waals surface area contributed by atoms with Crippen molar-refractivity contribution >= 4 is 23.7 Å². The Morgan fingerprint density at radius 3 is 2.43 bits per heavy atom. The lowest BCUT2D eigenvalue weighted by molar-refractivity contribution is -0.161. The molecule has 2 N–H and O–H groups in total. The highest BCUT2D eigenvalue weighted by Crippen LogP contribution is 2.67. The molecule has 0 aromatic heterocycles. The molecule has 0 saturated heterocycles. The van der Waals surface area contributed by atoms with Crippen molar-refractivity contribution in [3.8, 4) is 0 Å². The first-order valence-electron chi connectivity index (χ1n) is 13.6. The molecule has 9 heteroatoms. The number of hydrogen-bond acceptors (Lipinski definition) is 8. The van der Waals surface area contributed by atoms with Crippen molar-refractivity contribution in [3.63, 3.8) is 0 Å². The summed E-state index contributed by atoms with van der Waals surface area (Å²) in [6, 6.07) is 0. The number of rotatable bonds is 5. The molecule has 0 unspecified atom stereocenters. The van der Waals surface area contributed by atoms with E-state index in [1.807, 2.05) is 0 Å². The van der Waals surface area contributed by atoms with Gasteiger partial charge in [-0.2, -0.15) is 5.10 Å². The molecule has 0 aromatic rings.